The van der Waals surface area contributed by atoms with Crippen LogP contribution in [0.2, 0.25) is 0 Å². The molecule has 0 bridgehead atoms. The first-order chi connectivity index (χ1) is 8.77. The molecule has 0 N–H and O–H groups in total. The SMILES string of the molecule is COc1cccc2c(N(C)CCC#N)nccc12. The number of anilines is 1. The first-order valence-electron chi connectivity index (χ1n) is 5.77. The molecule has 0 radical (unpaired) electrons. The van der Waals surface area contributed by atoms with Gasteiger partial charge in [0.25, 0.3) is 0 Å². The van der Waals surface area contributed by atoms with Crippen molar-refractivity contribution in [3.05, 3.63) is 30.5 Å². The first kappa shape index (κ1) is 12.2. The zero-order chi connectivity index (χ0) is 13.0. The number of aromatic nitrogens is 1. The molecule has 0 aliphatic carbocycles. The fraction of sp³-hybridized carbons (Fsp3) is 0.286. The summed E-state index contributed by atoms with van der Waals surface area (Å²) < 4.78 is 5.34. The molecule has 0 amide bonds. The van der Waals surface area contributed by atoms with Gasteiger partial charge in [-0.3, -0.25) is 0 Å². The summed E-state index contributed by atoms with van der Waals surface area (Å²) in [5, 5.41) is 10.7. The van der Waals surface area contributed by atoms with Gasteiger partial charge in [-0.15, -0.1) is 0 Å². The van der Waals surface area contributed by atoms with Crippen molar-refractivity contribution in [3.63, 3.8) is 0 Å². The Kier molecular flexibility index (Phi) is 3.63. The van der Waals surface area contributed by atoms with E-state index in [0.717, 1.165) is 22.3 Å². The summed E-state index contributed by atoms with van der Waals surface area (Å²) >= 11 is 0. The average Bonchev–Trinajstić information content (AvgIpc) is 2.43. The molecule has 0 unspecified atom stereocenters. The van der Waals surface area contributed by atoms with Crippen LogP contribution in [0.1, 0.15) is 6.42 Å². The minimum atomic E-state index is 0.485. The lowest BCUT2D eigenvalue weighted by molar-refractivity contribution is 0.420. The average molecular weight is 241 g/mol. The van der Waals surface area contributed by atoms with Crippen LogP contribution in [0.15, 0.2) is 30.5 Å². The predicted molar refractivity (Wildman–Crippen MR) is 71.8 cm³/mol. The van der Waals surface area contributed by atoms with Gasteiger partial charge in [0, 0.05) is 30.6 Å². The Morgan fingerprint density at radius 2 is 2.17 bits per heavy atom. The molecule has 0 saturated heterocycles. The molecule has 0 saturated carbocycles. The Morgan fingerprint density at radius 1 is 1.33 bits per heavy atom. The predicted octanol–water partition coefficient (Wildman–Crippen LogP) is 2.59. The molecule has 0 aliphatic rings. The van der Waals surface area contributed by atoms with E-state index in [4.69, 9.17) is 10.00 Å². The molecule has 2 rings (SSSR count). The summed E-state index contributed by atoms with van der Waals surface area (Å²) in [6.07, 6.45) is 2.25. The van der Waals surface area contributed by atoms with Crippen LogP contribution in [0.4, 0.5) is 5.82 Å². The minimum Gasteiger partial charge on any atom is -0.496 e. The van der Waals surface area contributed by atoms with Crippen LogP contribution in [-0.4, -0.2) is 25.7 Å². The van der Waals surface area contributed by atoms with Gasteiger partial charge in [0.15, 0.2) is 0 Å². The van der Waals surface area contributed by atoms with Crippen LogP contribution in [0.3, 0.4) is 0 Å². The highest BCUT2D eigenvalue weighted by Crippen LogP contribution is 2.30. The molecule has 0 atom stereocenters. The molecule has 0 fully saturated rings. The van der Waals surface area contributed by atoms with Crippen LogP contribution < -0.4 is 9.64 Å². The van der Waals surface area contributed by atoms with Gasteiger partial charge in [-0.25, -0.2) is 4.98 Å². The highest BCUT2D eigenvalue weighted by Gasteiger charge is 2.09. The molecule has 1 aromatic carbocycles. The van der Waals surface area contributed by atoms with Gasteiger partial charge < -0.3 is 9.64 Å². The summed E-state index contributed by atoms with van der Waals surface area (Å²) in [4.78, 5) is 6.39. The maximum Gasteiger partial charge on any atom is 0.136 e. The number of methoxy groups -OCH3 is 1. The van der Waals surface area contributed by atoms with Gasteiger partial charge in [0.05, 0.1) is 19.6 Å². The molecule has 0 aliphatic heterocycles. The standard InChI is InChI=1S/C14H15N3O/c1-17(10-4-8-15)14-12-5-3-6-13(18-2)11(12)7-9-16-14/h3,5-7,9H,4,10H2,1-2H3. The minimum absolute atomic E-state index is 0.485. The summed E-state index contributed by atoms with van der Waals surface area (Å²) in [7, 11) is 3.60. The molecule has 2 aromatic rings. The molecule has 4 nitrogen and oxygen atoms in total. The monoisotopic (exact) mass is 241 g/mol. The third-order valence-electron chi connectivity index (χ3n) is 2.89. The zero-order valence-corrected chi connectivity index (χ0v) is 10.6. The van der Waals surface area contributed by atoms with Gasteiger partial charge in [0.2, 0.25) is 0 Å². The van der Waals surface area contributed by atoms with E-state index in [1.54, 1.807) is 13.3 Å². The summed E-state index contributed by atoms with van der Waals surface area (Å²) in [5.74, 6) is 1.71. The number of benzene rings is 1. The number of rotatable bonds is 4. The number of pyridine rings is 1. The summed E-state index contributed by atoms with van der Waals surface area (Å²) in [5.41, 5.74) is 0. The van der Waals surface area contributed by atoms with Crippen LogP contribution in [0.25, 0.3) is 10.8 Å². The lowest BCUT2D eigenvalue weighted by atomic mass is 10.1. The van der Waals surface area contributed by atoms with Crippen LogP contribution >= 0.6 is 0 Å². The van der Waals surface area contributed by atoms with Crippen molar-refractivity contribution in [2.75, 3.05) is 25.6 Å². The number of hydrogen-bond donors (Lipinski definition) is 0. The fourth-order valence-electron chi connectivity index (χ4n) is 1.97. The van der Waals surface area contributed by atoms with Gasteiger partial charge >= 0.3 is 0 Å². The second-order valence-electron chi connectivity index (χ2n) is 4.02. The molecule has 0 spiro atoms. The van der Waals surface area contributed by atoms with E-state index < -0.39 is 0 Å². The maximum atomic E-state index is 8.64. The quantitative estimate of drug-likeness (QED) is 0.825. The molecule has 4 heteroatoms. The Hall–Kier alpha value is -2.28. The number of nitrogens with zero attached hydrogens (tertiary/aromatic N) is 3. The highest BCUT2D eigenvalue weighted by molar-refractivity contribution is 5.96. The van der Waals surface area contributed by atoms with Crippen molar-refractivity contribution in [2.45, 2.75) is 6.42 Å². The lowest BCUT2D eigenvalue weighted by Gasteiger charge is -2.19. The van der Waals surface area contributed by atoms with E-state index in [2.05, 4.69) is 11.1 Å². The number of hydrogen-bond acceptors (Lipinski definition) is 4. The van der Waals surface area contributed by atoms with Crippen molar-refractivity contribution in [2.24, 2.45) is 0 Å². The Labute approximate surface area is 106 Å². The number of fused-ring (bicyclic) bond motifs is 1. The van der Waals surface area contributed by atoms with E-state index in [1.807, 2.05) is 36.2 Å². The Morgan fingerprint density at radius 3 is 2.89 bits per heavy atom. The van der Waals surface area contributed by atoms with E-state index in [1.165, 1.54) is 0 Å². The van der Waals surface area contributed by atoms with Crippen LogP contribution in [-0.2, 0) is 0 Å². The number of ether oxygens (including phenoxy) is 1. The van der Waals surface area contributed by atoms with Gasteiger partial charge in [-0.2, -0.15) is 5.26 Å². The third-order valence-corrected chi connectivity index (χ3v) is 2.89. The molecular formula is C14H15N3O. The summed E-state index contributed by atoms with van der Waals surface area (Å²) in [6, 6.07) is 9.98. The van der Waals surface area contributed by atoms with Crippen molar-refractivity contribution in [1.29, 1.82) is 5.26 Å². The molecule has 1 heterocycles. The summed E-state index contributed by atoms with van der Waals surface area (Å²) in [6.45, 7) is 0.666. The zero-order valence-electron chi connectivity index (χ0n) is 10.6. The van der Waals surface area contributed by atoms with E-state index >= 15 is 0 Å². The first-order valence-corrected chi connectivity index (χ1v) is 5.77. The lowest BCUT2D eigenvalue weighted by Crippen LogP contribution is -2.19. The van der Waals surface area contributed by atoms with Gasteiger partial charge in [0.1, 0.15) is 11.6 Å². The second-order valence-corrected chi connectivity index (χ2v) is 4.02. The van der Waals surface area contributed by atoms with E-state index in [0.29, 0.717) is 13.0 Å². The van der Waals surface area contributed by atoms with Crippen molar-refractivity contribution in [3.8, 4) is 11.8 Å². The normalized spacial score (nSPS) is 10.1. The third kappa shape index (κ3) is 2.21. The topological polar surface area (TPSA) is 49.1 Å². The van der Waals surface area contributed by atoms with Crippen LogP contribution in [0.5, 0.6) is 5.75 Å². The Bertz CT molecular complexity index is 589. The highest BCUT2D eigenvalue weighted by atomic mass is 16.5. The second kappa shape index (κ2) is 5.37. The fourth-order valence-corrected chi connectivity index (χ4v) is 1.97. The van der Waals surface area contributed by atoms with Gasteiger partial charge in [-0.1, -0.05) is 12.1 Å². The molecule has 18 heavy (non-hydrogen) atoms. The molecule has 92 valence electrons. The smallest absolute Gasteiger partial charge is 0.136 e. The van der Waals surface area contributed by atoms with Crippen molar-refractivity contribution < 1.29 is 4.74 Å². The van der Waals surface area contributed by atoms with Crippen LogP contribution in [0, 0.1) is 11.3 Å². The van der Waals surface area contributed by atoms with Crippen molar-refractivity contribution in [1.82, 2.24) is 4.98 Å². The maximum absolute atomic E-state index is 8.64. The molecular weight excluding hydrogens is 226 g/mol. The number of nitriles is 1. The largest absolute Gasteiger partial charge is 0.496 e. The Balaban J connectivity index is 2.49. The van der Waals surface area contributed by atoms with Crippen molar-refractivity contribution >= 4 is 16.6 Å². The van der Waals surface area contributed by atoms with Gasteiger partial charge in [-0.05, 0) is 12.1 Å². The molecule has 1 aromatic heterocycles. The van der Waals surface area contributed by atoms with E-state index in [9.17, 15) is 0 Å². The van der Waals surface area contributed by atoms with E-state index in [-0.39, 0.29) is 0 Å².